The van der Waals surface area contributed by atoms with E-state index in [1.807, 2.05) is 0 Å². The van der Waals surface area contributed by atoms with Gasteiger partial charge in [-0.1, -0.05) is 0 Å². The van der Waals surface area contributed by atoms with Gasteiger partial charge in [0.25, 0.3) is 0 Å². The van der Waals surface area contributed by atoms with E-state index in [0.29, 0.717) is 17.0 Å². The molecule has 0 saturated heterocycles. The van der Waals surface area contributed by atoms with Gasteiger partial charge < -0.3 is 10.0 Å². The molecular weight excluding hydrogens is 294 g/mol. The maximum Gasteiger partial charge on any atom is 0.433 e. The van der Waals surface area contributed by atoms with Crippen LogP contribution >= 0.6 is 0 Å². The predicted octanol–water partition coefficient (Wildman–Crippen LogP) is 2.80. The number of carboxylic acid groups (broad SMARTS) is 1. The number of hydrogen-bond donors (Lipinski definition) is 1. The van der Waals surface area contributed by atoms with Crippen molar-refractivity contribution in [1.82, 2.24) is 4.98 Å². The number of anilines is 1. The highest BCUT2D eigenvalue weighted by Gasteiger charge is 2.36. The van der Waals surface area contributed by atoms with Crippen LogP contribution < -0.4 is 4.90 Å². The maximum absolute atomic E-state index is 12.5. The van der Waals surface area contributed by atoms with Crippen LogP contribution in [-0.2, 0) is 6.18 Å². The van der Waals surface area contributed by atoms with E-state index in [2.05, 4.69) is 4.98 Å². The maximum atomic E-state index is 12.5. The van der Waals surface area contributed by atoms with Crippen molar-refractivity contribution < 1.29 is 36.2 Å². The lowest BCUT2D eigenvalue weighted by Gasteiger charge is -2.22. The number of aromatic nitrogens is 1. The predicted molar refractivity (Wildman–Crippen MR) is 55.5 cm³/mol. The first kappa shape index (κ1) is 16.1. The SMILES string of the molecule is CN(CC(F)(F)F)c1nc(C(F)(F)F)ccc1C(=O)O. The zero-order chi connectivity index (χ0) is 15.7. The zero-order valence-corrected chi connectivity index (χ0v) is 9.88. The lowest BCUT2D eigenvalue weighted by molar-refractivity contribution is -0.141. The van der Waals surface area contributed by atoms with Gasteiger partial charge in [-0.15, -0.1) is 0 Å². The molecule has 0 radical (unpaired) electrons. The van der Waals surface area contributed by atoms with Crippen molar-refractivity contribution in [3.05, 3.63) is 23.4 Å². The topological polar surface area (TPSA) is 53.4 Å². The molecule has 1 aromatic heterocycles. The van der Waals surface area contributed by atoms with Gasteiger partial charge in [-0.3, -0.25) is 0 Å². The molecule has 0 aromatic carbocycles. The summed E-state index contributed by atoms with van der Waals surface area (Å²) in [6, 6.07) is 0.967. The van der Waals surface area contributed by atoms with Gasteiger partial charge in [0.15, 0.2) is 0 Å². The van der Waals surface area contributed by atoms with Crippen molar-refractivity contribution in [3.63, 3.8) is 0 Å². The van der Waals surface area contributed by atoms with E-state index in [4.69, 9.17) is 5.11 Å². The summed E-state index contributed by atoms with van der Waals surface area (Å²) in [5.41, 5.74) is -2.21. The Morgan fingerprint density at radius 1 is 1.25 bits per heavy atom. The Labute approximate surface area is 108 Å². The molecule has 0 fully saturated rings. The zero-order valence-electron chi connectivity index (χ0n) is 9.88. The highest BCUT2D eigenvalue weighted by molar-refractivity contribution is 5.93. The van der Waals surface area contributed by atoms with Crippen molar-refractivity contribution in [2.24, 2.45) is 0 Å². The van der Waals surface area contributed by atoms with Crippen LogP contribution in [0.25, 0.3) is 0 Å². The second-order valence-corrected chi connectivity index (χ2v) is 3.84. The third-order valence-corrected chi connectivity index (χ3v) is 2.17. The van der Waals surface area contributed by atoms with Gasteiger partial charge in [-0.05, 0) is 12.1 Å². The van der Waals surface area contributed by atoms with Crippen molar-refractivity contribution in [2.75, 3.05) is 18.5 Å². The van der Waals surface area contributed by atoms with E-state index in [1.54, 1.807) is 0 Å². The minimum absolute atomic E-state index is 0.304. The molecule has 10 heteroatoms. The summed E-state index contributed by atoms with van der Waals surface area (Å²) < 4.78 is 74.0. The average molecular weight is 302 g/mol. The fourth-order valence-corrected chi connectivity index (χ4v) is 1.41. The summed E-state index contributed by atoms with van der Waals surface area (Å²) in [6.07, 6.45) is -9.59. The fourth-order valence-electron chi connectivity index (χ4n) is 1.41. The quantitative estimate of drug-likeness (QED) is 0.872. The van der Waals surface area contributed by atoms with Crippen molar-refractivity contribution >= 4 is 11.8 Å². The average Bonchev–Trinajstić information content (AvgIpc) is 2.24. The molecule has 4 nitrogen and oxygen atoms in total. The third kappa shape index (κ3) is 4.00. The van der Waals surface area contributed by atoms with Crippen LogP contribution in [0, 0.1) is 0 Å². The fraction of sp³-hybridized carbons (Fsp3) is 0.400. The van der Waals surface area contributed by atoms with Crippen molar-refractivity contribution in [3.8, 4) is 0 Å². The molecule has 1 aromatic rings. The molecule has 0 bridgehead atoms. The first-order valence-electron chi connectivity index (χ1n) is 5.01. The Kier molecular flexibility index (Phi) is 4.15. The van der Waals surface area contributed by atoms with Gasteiger partial charge >= 0.3 is 18.3 Å². The monoisotopic (exact) mass is 302 g/mol. The van der Waals surface area contributed by atoms with Crippen LogP contribution in [0.4, 0.5) is 32.2 Å². The van der Waals surface area contributed by atoms with E-state index in [9.17, 15) is 31.1 Å². The number of carboxylic acids is 1. The van der Waals surface area contributed by atoms with Crippen molar-refractivity contribution in [2.45, 2.75) is 12.4 Å². The van der Waals surface area contributed by atoms with E-state index >= 15 is 0 Å². The minimum atomic E-state index is -4.88. The van der Waals surface area contributed by atoms with Crippen LogP contribution in [0.3, 0.4) is 0 Å². The van der Waals surface area contributed by atoms with E-state index in [-0.39, 0.29) is 0 Å². The van der Waals surface area contributed by atoms with Gasteiger partial charge in [-0.2, -0.15) is 26.3 Å². The summed E-state index contributed by atoms with van der Waals surface area (Å²) in [6.45, 7) is -1.62. The highest BCUT2D eigenvalue weighted by Crippen LogP contribution is 2.31. The molecule has 0 saturated carbocycles. The molecule has 0 amide bonds. The molecule has 20 heavy (non-hydrogen) atoms. The summed E-state index contributed by atoms with van der Waals surface area (Å²) in [5, 5.41) is 8.78. The Balaban J connectivity index is 3.29. The van der Waals surface area contributed by atoms with Crippen LogP contribution in [0.15, 0.2) is 12.1 Å². The van der Waals surface area contributed by atoms with Crippen LogP contribution in [-0.4, -0.2) is 35.8 Å². The number of hydrogen-bond acceptors (Lipinski definition) is 3. The molecule has 1 N–H and O–H groups in total. The van der Waals surface area contributed by atoms with E-state index < -0.39 is 41.9 Å². The molecule has 0 atom stereocenters. The molecule has 112 valence electrons. The number of pyridine rings is 1. The molecular formula is C10H8F6N2O2. The molecule has 0 aliphatic heterocycles. The molecule has 1 rings (SSSR count). The Morgan fingerprint density at radius 3 is 2.20 bits per heavy atom. The Hall–Kier alpha value is -2.00. The number of aromatic carboxylic acids is 1. The summed E-state index contributed by atoms with van der Waals surface area (Å²) in [7, 11) is 0.808. The van der Waals surface area contributed by atoms with Gasteiger partial charge in [0.2, 0.25) is 0 Å². The van der Waals surface area contributed by atoms with Gasteiger partial charge in [-0.25, -0.2) is 9.78 Å². The largest absolute Gasteiger partial charge is 0.478 e. The Morgan fingerprint density at radius 2 is 1.80 bits per heavy atom. The number of carbonyl (C=O) groups is 1. The first-order chi connectivity index (χ1) is 8.92. The van der Waals surface area contributed by atoms with E-state index in [0.717, 1.165) is 7.05 Å². The second kappa shape index (κ2) is 5.17. The van der Waals surface area contributed by atoms with Crippen LogP contribution in [0.1, 0.15) is 16.1 Å². The molecule has 0 spiro atoms. The number of nitrogens with zero attached hydrogens (tertiary/aromatic N) is 2. The first-order valence-corrected chi connectivity index (χ1v) is 5.01. The second-order valence-electron chi connectivity index (χ2n) is 3.84. The number of rotatable bonds is 3. The molecule has 0 unspecified atom stereocenters. The highest BCUT2D eigenvalue weighted by atomic mass is 19.4. The van der Waals surface area contributed by atoms with Crippen LogP contribution in [0.2, 0.25) is 0 Å². The normalized spacial score (nSPS) is 12.3. The summed E-state index contributed by atoms with van der Waals surface area (Å²) >= 11 is 0. The Bertz CT molecular complexity index is 511. The lowest BCUT2D eigenvalue weighted by atomic mass is 10.2. The smallest absolute Gasteiger partial charge is 0.433 e. The molecule has 0 aliphatic rings. The minimum Gasteiger partial charge on any atom is -0.478 e. The standard InChI is InChI=1S/C10H8F6N2O2/c1-18(4-9(11,12)13)7-5(8(19)20)2-3-6(17-7)10(14,15)16/h2-3H,4H2,1H3,(H,19,20). The van der Waals surface area contributed by atoms with Crippen LogP contribution in [0.5, 0.6) is 0 Å². The third-order valence-electron chi connectivity index (χ3n) is 2.17. The molecule has 1 heterocycles. The van der Waals surface area contributed by atoms with Gasteiger partial charge in [0.1, 0.15) is 23.6 Å². The van der Waals surface area contributed by atoms with Gasteiger partial charge in [0.05, 0.1) is 0 Å². The number of halogens is 6. The lowest BCUT2D eigenvalue weighted by Crippen LogP contribution is -2.33. The number of alkyl halides is 6. The van der Waals surface area contributed by atoms with Crippen molar-refractivity contribution in [1.29, 1.82) is 0 Å². The summed E-state index contributed by atoms with van der Waals surface area (Å²) in [4.78, 5) is 14.1. The van der Waals surface area contributed by atoms with Gasteiger partial charge in [0, 0.05) is 7.05 Å². The van der Waals surface area contributed by atoms with E-state index in [1.165, 1.54) is 0 Å². The molecule has 0 aliphatic carbocycles. The summed E-state index contributed by atoms with van der Waals surface area (Å²) in [5.74, 6) is -2.57.